The van der Waals surface area contributed by atoms with E-state index >= 15 is 0 Å². The van der Waals surface area contributed by atoms with Crippen molar-refractivity contribution in [3.05, 3.63) is 54.2 Å². The molecule has 0 amide bonds. The number of para-hydroxylation sites is 1. The highest BCUT2D eigenvalue weighted by molar-refractivity contribution is 5.55. The minimum absolute atomic E-state index is 0.552. The molecule has 1 aromatic carbocycles. The van der Waals surface area contributed by atoms with Gasteiger partial charge in [0.2, 0.25) is 5.95 Å². The van der Waals surface area contributed by atoms with Gasteiger partial charge in [0.1, 0.15) is 0 Å². The van der Waals surface area contributed by atoms with Gasteiger partial charge in [-0.3, -0.25) is 0 Å². The zero-order valence-electron chi connectivity index (χ0n) is 12.4. The number of nitrogens with zero attached hydrogens (tertiary/aromatic N) is 3. The van der Waals surface area contributed by atoms with E-state index in [0.717, 1.165) is 37.3 Å². The molecule has 5 nitrogen and oxygen atoms in total. The van der Waals surface area contributed by atoms with Gasteiger partial charge < -0.3 is 10.6 Å². The lowest BCUT2D eigenvalue weighted by Gasteiger charge is -2.23. The van der Waals surface area contributed by atoms with E-state index < -0.39 is 0 Å². The van der Waals surface area contributed by atoms with Crippen molar-refractivity contribution in [3.63, 3.8) is 0 Å². The molecular formula is C17H19N5. The predicted octanol–water partition coefficient (Wildman–Crippen LogP) is 2.94. The van der Waals surface area contributed by atoms with Gasteiger partial charge in [-0.25, -0.2) is 4.52 Å². The number of nitrogens with one attached hydrogen (secondary N) is 2. The average molecular weight is 293 g/mol. The van der Waals surface area contributed by atoms with E-state index in [9.17, 15) is 0 Å². The lowest BCUT2D eigenvalue weighted by atomic mass is 9.94. The second kappa shape index (κ2) is 5.77. The molecule has 0 aliphatic carbocycles. The van der Waals surface area contributed by atoms with Crippen LogP contribution < -0.4 is 10.6 Å². The SMILES string of the molecule is c1ccc(Nc2nc3cccc(C4CCNCC4)n3n2)cc1. The maximum atomic E-state index is 4.66. The summed E-state index contributed by atoms with van der Waals surface area (Å²) >= 11 is 0. The average Bonchev–Trinajstić information content (AvgIpc) is 2.99. The zero-order valence-corrected chi connectivity index (χ0v) is 12.4. The molecule has 1 aliphatic heterocycles. The van der Waals surface area contributed by atoms with Gasteiger partial charge in [-0.1, -0.05) is 24.3 Å². The van der Waals surface area contributed by atoms with Gasteiger partial charge in [0.15, 0.2) is 5.65 Å². The van der Waals surface area contributed by atoms with Crippen molar-refractivity contribution in [2.24, 2.45) is 0 Å². The van der Waals surface area contributed by atoms with Gasteiger partial charge in [-0.05, 0) is 50.2 Å². The predicted molar refractivity (Wildman–Crippen MR) is 87.6 cm³/mol. The minimum atomic E-state index is 0.552. The van der Waals surface area contributed by atoms with E-state index in [1.54, 1.807) is 0 Å². The standard InChI is InChI=1S/C17H19N5/c1-2-5-14(6-3-1)19-17-20-16-8-4-7-15(22(16)21-17)13-9-11-18-12-10-13/h1-8,13,18H,9-12H2,(H,19,21). The molecule has 0 saturated carbocycles. The molecule has 4 rings (SSSR count). The molecule has 3 aromatic rings. The molecule has 112 valence electrons. The van der Waals surface area contributed by atoms with Crippen molar-refractivity contribution in [2.45, 2.75) is 18.8 Å². The number of fused-ring (bicyclic) bond motifs is 1. The molecule has 0 bridgehead atoms. The second-order valence-corrected chi connectivity index (χ2v) is 5.67. The van der Waals surface area contributed by atoms with Crippen LogP contribution in [0, 0.1) is 0 Å². The molecule has 3 heterocycles. The summed E-state index contributed by atoms with van der Waals surface area (Å²) in [6.07, 6.45) is 2.31. The summed E-state index contributed by atoms with van der Waals surface area (Å²) in [4.78, 5) is 4.59. The van der Waals surface area contributed by atoms with E-state index in [1.165, 1.54) is 5.69 Å². The lowest BCUT2D eigenvalue weighted by Crippen LogP contribution is -2.27. The third-order valence-corrected chi connectivity index (χ3v) is 4.18. The largest absolute Gasteiger partial charge is 0.323 e. The maximum absolute atomic E-state index is 4.66. The second-order valence-electron chi connectivity index (χ2n) is 5.67. The number of aromatic nitrogens is 3. The Bertz CT molecular complexity index is 759. The number of pyridine rings is 1. The van der Waals surface area contributed by atoms with E-state index in [0.29, 0.717) is 11.9 Å². The van der Waals surface area contributed by atoms with Crippen molar-refractivity contribution in [1.82, 2.24) is 19.9 Å². The van der Waals surface area contributed by atoms with Crippen molar-refractivity contribution in [1.29, 1.82) is 0 Å². The number of piperidine rings is 1. The Hall–Kier alpha value is -2.40. The highest BCUT2D eigenvalue weighted by Gasteiger charge is 2.19. The third-order valence-electron chi connectivity index (χ3n) is 4.18. The molecule has 0 radical (unpaired) electrons. The molecule has 1 saturated heterocycles. The van der Waals surface area contributed by atoms with Gasteiger partial charge in [0.25, 0.3) is 0 Å². The van der Waals surface area contributed by atoms with E-state index in [4.69, 9.17) is 0 Å². The third kappa shape index (κ3) is 2.55. The molecule has 2 aromatic heterocycles. The fraction of sp³-hybridized carbons (Fsp3) is 0.294. The Kier molecular flexibility index (Phi) is 3.48. The number of anilines is 2. The monoisotopic (exact) mass is 293 g/mol. The van der Waals surface area contributed by atoms with E-state index in [1.807, 2.05) is 40.9 Å². The number of rotatable bonds is 3. The molecule has 0 unspecified atom stereocenters. The van der Waals surface area contributed by atoms with E-state index in [2.05, 4.69) is 32.8 Å². The summed E-state index contributed by atoms with van der Waals surface area (Å²) < 4.78 is 1.99. The van der Waals surface area contributed by atoms with Gasteiger partial charge in [0, 0.05) is 17.3 Å². The highest BCUT2D eigenvalue weighted by atomic mass is 15.4. The van der Waals surface area contributed by atoms with Crippen LogP contribution in [0.5, 0.6) is 0 Å². The van der Waals surface area contributed by atoms with Crippen LogP contribution in [0.4, 0.5) is 11.6 Å². The normalized spacial score (nSPS) is 16.0. The molecule has 1 fully saturated rings. The lowest BCUT2D eigenvalue weighted by molar-refractivity contribution is 0.447. The summed E-state index contributed by atoms with van der Waals surface area (Å²) in [5.41, 5.74) is 3.16. The fourth-order valence-electron chi connectivity index (χ4n) is 3.06. The van der Waals surface area contributed by atoms with Crippen LogP contribution >= 0.6 is 0 Å². The Morgan fingerprint density at radius 1 is 1.00 bits per heavy atom. The smallest absolute Gasteiger partial charge is 0.247 e. The molecule has 0 spiro atoms. The Morgan fingerprint density at radius 2 is 1.82 bits per heavy atom. The van der Waals surface area contributed by atoms with Gasteiger partial charge in [-0.2, -0.15) is 4.98 Å². The first-order chi connectivity index (χ1) is 10.9. The van der Waals surface area contributed by atoms with Crippen molar-refractivity contribution in [2.75, 3.05) is 18.4 Å². The van der Waals surface area contributed by atoms with Gasteiger partial charge in [0.05, 0.1) is 0 Å². The van der Waals surface area contributed by atoms with Crippen molar-refractivity contribution < 1.29 is 0 Å². The summed E-state index contributed by atoms with van der Waals surface area (Å²) in [5.74, 6) is 1.20. The van der Waals surface area contributed by atoms with Crippen LogP contribution in [0.2, 0.25) is 0 Å². The Labute approximate surface area is 129 Å². The van der Waals surface area contributed by atoms with Crippen molar-refractivity contribution in [3.8, 4) is 0 Å². The minimum Gasteiger partial charge on any atom is -0.323 e. The zero-order chi connectivity index (χ0) is 14.8. The van der Waals surface area contributed by atoms with Crippen LogP contribution in [-0.4, -0.2) is 27.7 Å². The molecule has 5 heteroatoms. The first-order valence-corrected chi connectivity index (χ1v) is 7.79. The van der Waals surface area contributed by atoms with Crippen LogP contribution in [0.3, 0.4) is 0 Å². The highest BCUT2D eigenvalue weighted by Crippen LogP contribution is 2.26. The quantitative estimate of drug-likeness (QED) is 0.779. The first-order valence-electron chi connectivity index (χ1n) is 7.79. The first kappa shape index (κ1) is 13.3. The van der Waals surface area contributed by atoms with Crippen LogP contribution in [0.15, 0.2) is 48.5 Å². The molecule has 0 atom stereocenters. The summed E-state index contributed by atoms with van der Waals surface area (Å²) in [6.45, 7) is 2.15. The fourth-order valence-corrected chi connectivity index (χ4v) is 3.06. The number of hydrogen-bond acceptors (Lipinski definition) is 4. The van der Waals surface area contributed by atoms with Crippen LogP contribution in [0.1, 0.15) is 24.5 Å². The van der Waals surface area contributed by atoms with E-state index in [-0.39, 0.29) is 0 Å². The van der Waals surface area contributed by atoms with Gasteiger partial charge >= 0.3 is 0 Å². The summed E-state index contributed by atoms with van der Waals surface area (Å²) in [6, 6.07) is 16.3. The number of benzene rings is 1. The Morgan fingerprint density at radius 3 is 2.64 bits per heavy atom. The maximum Gasteiger partial charge on any atom is 0.247 e. The molecule has 2 N–H and O–H groups in total. The topological polar surface area (TPSA) is 54.2 Å². The molecule has 1 aliphatic rings. The molecule has 22 heavy (non-hydrogen) atoms. The number of hydrogen-bond donors (Lipinski definition) is 2. The molecular weight excluding hydrogens is 274 g/mol. The van der Waals surface area contributed by atoms with Crippen molar-refractivity contribution >= 4 is 17.3 Å². The Balaban J connectivity index is 1.68. The summed E-state index contributed by atoms with van der Waals surface area (Å²) in [7, 11) is 0. The van der Waals surface area contributed by atoms with Crippen LogP contribution in [0.25, 0.3) is 5.65 Å². The van der Waals surface area contributed by atoms with Crippen LogP contribution in [-0.2, 0) is 0 Å². The van der Waals surface area contributed by atoms with Gasteiger partial charge in [-0.15, -0.1) is 5.10 Å². The summed E-state index contributed by atoms with van der Waals surface area (Å²) in [5, 5.41) is 11.3.